The zero-order valence-corrected chi connectivity index (χ0v) is 18.4. The number of aromatic amines is 1. The first-order valence-corrected chi connectivity index (χ1v) is 11.3. The number of benzene rings is 3. The first-order valence-electron chi connectivity index (χ1n) is 9.45. The number of fused-ring (bicyclic) bond motifs is 1. The van der Waals surface area contributed by atoms with Crippen LogP contribution in [-0.4, -0.2) is 23.6 Å². The lowest BCUT2D eigenvalue weighted by Crippen LogP contribution is -2.21. The van der Waals surface area contributed by atoms with Crippen LogP contribution < -0.4 is 10.3 Å². The minimum absolute atomic E-state index is 0.0278. The van der Waals surface area contributed by atoms with E-state index in [2.05, 4.69) is 9.71 Å². The molecule has 0 radical (unpaired) electrons. The molecule has 0 spiro atoms. The summed E-state index contributed by atoms with van der Waals surface area (Å²) < 4.78 is 68.3. The molecule has 0 saturated heterocycles. The van der Waals surface area contributed by atoms with Gasteiger partial charge in [0.05, 0.1) is 10.5 Å². The summed E-state index contributed by atoms with van der Waals surface area (Å²) in [6, 6.07) is 10.6. The Morgan fingerprint density at radius 1 is 0.941 bits per heavy atom. The number of hydrogen-bond donors (Lipinski definition) is 4. The van der Waals surface area contributed by atoms with Gasteiger partial charge in [0, 0.05) is 27.1 Å². The Kier molecular flexibility index (Phi) is 5.70. The number of aromatic nitrogens is 1. The quantitative estimate of drug-likeness (QED) is 0.305. The summed E-state index contributed by atoms with van der Waals surface area (Å²) in [5, 5.41) is 19.8. The summed E-state index contributed by atoms with van der Waals surface area (Å²) in [6.45, 7) is 0. The molecule has 3 aromatic carbocycles. The number of rotatable bonds is 4. The molecular formula is C22H14ClF3N2O5S. The topological polar surface area (TPSA) is 119 Å². The van der Waals surface area contributed by atoms with Crippen LogP contribution in [-0.2, 0) is 16.2 Å². The molecule has 4 rings (SSSR count). The van der Waals surface area contributed by atoms with Crippen LogP contribution in [0, 0.1) is 0 Å². The number of aromatic hydroxyl groups is 2. The number of H-pyrrole nitrogens is 1. The molecule has 0 bridgehead atoms. The number of alkyl halides is 3. The van der Waals surface area contributed by atoms with Crippen molar-refractivity contribution in [1.82, 2.24) is 4.98 Å². The molecular weight excluding hydrogens is 497 g/mol. The maximum atomic E-state index is 13.4. The molecule has 7 nitrogen and oxygen atoms in total. The number of sulfonamides is 1. The molecule has 4 N–H and O–H groups in total. The molecule has 4 aromatic rings. The molecule has 0 atom stereocenters. The number of anilines is 1. The van der Waals surface area contributed by atoms with Crippen molar-refractivity contribution in [3.05, 3.63) is 81.6 Å². The van der Waals surface area contributed by atoms with E-state index < -0.39 is 38.8 Å². The number of hydrogen-bond acceptors (Lipinski definition) is 5. The molecule has 0 saturated carbocycles. The van der Waals surface area contributed by atoms with E-state index in [0.717, 1.165) is 48.5 Å². The van der Waals surface area contributed by atoms with Gasteiger partial charge in [-0.15, -0.1) is 0 Å². The minimum Gasteiger partial charge on any atom is -0.508 e. The highest BCUT2D eigenvalue weighted by Gasteiger charge is 2.32. The van der Waals surface area contributed by atoms with Crippen molar-refractivity contribution in [2.24, 2.45) is 0 Å². The maximum absolute atomic E-state index is 13.4. The summed E-state index contributed by atoms with van der Waals surface area (Å²) >= 11 is 6.02. The number of pyridine rings is 1. The molecule has 12 heteroatoms. The van der Waals surface area contributed by atoms with E-state index in [1.807, 2.05) is 0 Å². The number of phenols is 2. The zero-order valence-electron chi connectivity index (χ0n) is 16.8. The van der Waals surface area contributed by atoms with E-state index in [1.54, 1.807) is 0 Å². The molecule has 34 heavy (non-hydrogen) atoms. The highest BCUT2D eigenvalue weighted by Crippen LogP contribution is 2.41. The average molecular weight is 511 g/mol. The Balaban J connectivity index is 2.06. The van der Waals surface area contributed by atoms with Gasteiger partial charge >= 0.3 is 6.18 Å². The van der Waals surface area contributed by atoms with Gasteiger partial charge in [-0.1, -0.05) is 11.6 Å². The molecule has 0 aliphatic carbocycles. The first kappa shape index (κ1) is 23.5. The van der Waals surface area contributed by atoms with Gasteiger partial charge in [0.2, 0.25) is 0 Å². The summed E-state index contributed by atoms with van der Waals surface area (Å²) in [5.41, 5.74) is -3.14. The van der Waals surface area contributed by atoms with E-state index in [1.165, 1.54) is 12.1 Å². The Labute approximate surface area is 195 Å². The van der Waals surface area contributed by atoms with Crippen LogP contribution in [0.5, 0.6) is 11.5 Å². The average Bonchev–Trinajstić information content (AvgIpc) is 2.75. The van der Waals surface area contributed by atoms with E-state index >= 15 is 0 Å². The lowest BCUT2D eigenvalue weighted by molar-refractivity contribution is -0.137. The second-order valence-electron chi connectivity index (χ2n) is 7.22. The second-order valence-corrected chi connectivity index (χ2v) is 9.34. The summed E-state index contributed by atoms with van der Waals surface area (Å²) in [4.78, 5) is 14.9. The van der Waals surface area contributed by atoms with Gasteiger partial charge in [-0.3, -0.25) is 9.52 Å². The third kappa shape index (κ3) is 4.39. The molecule has 0 aliphatic heterocycles. The first-order chi connectivity index (χ1) is 15.9. The van der Waals surface area contributed by atoms with Gasteiger partial charge in [-0.05, 0) is 60.7 Å². The van der Waals surface area contributed by atoms with Crippen LogP contribution in [0.1, 0.15) is 5.56 Å². The van der Waals surface area contributed by atoms with Crippen molar-refractivity contribution in [1.29, 1.82) is 0 Å². The molecule has 176 valence electrons. The van der Waals surface area contributed by atoms with Gasteiger partial charge < -0.3 is 15.2 Å². The van der Waals surface area contributed by atoms with E-state index in [4.69, 9.17) is 11.6 Å². The van der Waals surface area contributed by atoms with Gasteiger partial charge in [-0.2, -0.15) is 13.2 Å². The van der Waals surface area contributed by atoms with E-state index in [-0.39, 0.29) is 37.7 Å². The standard InChI is InChI=1S/C22H14ClF3N2O5S/c23-12-2-8-18(30)16(10-12)19-15-9-11(22(24,25)26)1-7-17(15)27-21(31)20(19)28-34(32,33)14-5-3-13(29)4-6-14/h1-10,28-30H,(H,27,31). The third-order valence-corrected chi connectivity index (χ3v) is 6.55. The molecule has 0 amide bonds. The molecule has 1 heterocycles. The van der Waals surface area contributed by atoms with Crippen molar-refractivity contribution >= 4 is 38.2 Å². The van der Waals surface area contributed by atoms with Gasteiger partial charge in [0.15, 0.2) is 0 Å². The van der Waals surface area contributed by atoms with Crippen LogP contribution >= 0.6 is 11.6 Å². The van der Waals surface area contributed by atoms with Crippen molar-refractivity contribution in [2.45, 2.75) is 11.1 Å². The molecule has 1 aromatic heterocycles. The Morgan fingerprint density at radius 3 is 2.26 bits per heavy atom. The second kappa shape index (κ2) is 8.26. The summed E-state index contributed by atoms with van der Waals surface area (Å²) in [5.74, 6) is -0.648. The highest BCUT2D eigenvalue weighted by molar-refractivity contribution is 7.92. The van der Waals surface area contributed by atoms with Crippen LogP contribution in [0.25, 0.3) is 22.0 Å². The van der Waals surface area contributed by atoms with Crippen LogP contribution in [0.4, 0.5) is 18.9 Å². The van der Waals surface area contributed by atoms with Crippen LogP contribution in [0.15, 0.2) is 70.4 Å². The van der Waals surface area contributed by atoms with Crippen LogP contribution in [0.2, 0.25) is 5.02 Å². The molecule has 0 fully saturated rings. The number of nitrogens with one attached hydrogen (secondary N) is 2. The Hall–Kier alpha value is -3.70. The summed E-state index contributed by atoms with van der Waals surface area (Å²) in [7, 11) is -4.43. The van der Waals surface area contributed by atoms with Crippen molar-refractivity contribution in [3.63, 3.8) is 0 Å². The zero-order chi connectivity index (χ0) is 24.8. The Bertz CT molecular complexity index is 1580. The van der Waals surface area contributed by atoms with E-state index in [0.29, 0.717) is 0 Å². The monoisotopic (exact) mass is 510 g/mol. The minimum atomic E-state index is -4.73. The van der Waals surface area contributed by atoms with E-state index in [9.17, 15) is 36.6 Å². The fourth-order valence-electron chi connectivity index (χ4n) is 3.37. The fourth-order valence-corrected chi connectivity index (χ4v) is 4.62. The Morgan fingerprint density at radius 2 is 1.62 bits per heavy atom. The SMILES string of the molecule is O=c1[nH]c2ccc(C(F)(F)F)cc2c(-c2cc(Cl)ccc2O)c1NS(=O)(=O)c1ccc(O)cc1. The van der Waals surface area contributed by atoms with Crippen LogP contribution in [0.3, 0.4) is 0 Å². The third-order valence-electron chi connectivity index (χ3n) is 4.95. The smallest absolute Gasteiger partial charge is 0.416 e. The lowest BCUT2D eigenvalue weighted by atomic mass is 9.97. The van der Waals surface area contributed by atoms with Gasteiger partial charge in [0.1, 0.15) is 17.2 Å². The largest absolute Gasteiger partial charge is 0.508 e. The fraction of sp³-hybridized carbons (Fsp3) is 0.0455. The molecule has 0 unspecified atom stereocenters. The normalized spacial score (nSPS) is 12.1. The van der Waals surface area contributed by atoms with Crippen molar-refractivity contribution in [2.75, 3.05) is 4.72 Å². The van der Waals surface area contributed by atoms with Crippen molar-refractivity contribution in [3.8, 4) is 22.6 Å². The van der Waals surface area contributed by atoms with Crippen molar-refractivity contribution < 1.29 is 31.8 Å². The highest BCUT2D eigenvalue weighted by atomic mass is 35.5. The van der Waals surface area contributed by atoms with Gasteiger partial charge in [0.25, 0.3) is 15.6 Å². The lowest BCUT2D eigenvalue weighted by Gasteiger charge is -2.17. The predicted molar refractivity (Wildman–Crippen MR) is 121 cm³/mol. The number of halogens is 4. The predicted octanol–water partition coefficient (Wildman–Crippen LogP) is 5.08. The summed E-state index contributed by atoms with van der Waals surface area (Å²) in [6.07, 6.45) is -4.73. The molecule has 0 aliphatic rings. The van der Waals surface area contributed by atoms with Gasteiger partial charge in [-0.25, -0.2) is 8.42 Å². The maximum Gasteiger partial charge on any atom is 0.416 e. The number of phenolic OH excluding ortho intramolecular Hbond substituents is 2.